The predicted octanol–water partition coefficient (Wildman–Crippen LogP) is 2.67. The Labute approximate surface area is 63.8 Å². The molecule has 1 nitrogen and oxygen atoms in total. The van der Waals surface area contributed by atoms with Gasteiger partial charge in [0.05, 0.1) is 0 Å². The number of allylic oxidation sites excluding steroid dienone is 1. The minimum Gasteiger partial charge on any atom is -0.366 e. The molecular formula is C9H17N. The van der Waals surface area contributed by atoms with Crippen LogP contribution in [0.15, 0.2) is 25.1 Å². The summed E-state index contributed by atoms with van der Waals surface area (Å²) in [6, 6.07) is 0. The van der Waals surface area contributed by atoms with Crippen LogP contribution >= 0.6 is 0 Å². The highest BCUT2D eigenvalue weighted by molar-refractivity contribution is 4.94. The summed E-state index contributed by atoms with van der Waals surface area (Å²) < 4.78 is 0. The van der Waals surface area contributed by atoms with Crippen LogP contribution in [0.5, 0.6) is 0 Å². The molecule has 0 spiro atoms. The second-order valence-electron chi connectivity index (χ2n) is 2.88. The smallest absolute Gasteiger partial charge is 0.00732 e. The monoisotopic (exact) mass is 139 g/mol. The van der Waals surface area contributed by atoms with Crippen LogP contribution in [-0.2, 0) is 0 Å². The van der Waals surface area contributed by atoms with Crippen molar-refractivity contribution in [3.63, 3.8) is 0 Å². The fourth-order valence-corrected chi connectivity index (χ4v) is 0.679. The highest BCUT2D eigenvalue weighted by Crippen LogP contribution is 2.07. The lowest BCUT2D eigenvalue weighted by Crippen LogP contribution is -2.03. The summed E-state index contributed by atoms with van der Waals surface area (Å²) in [6.07, 6.45) is 3.91. The van der Waals surface area contributed by atoms with E-state index in [9.17, 15) is 0 Å². The van der Waals surface area contributed by atoms with Crippen LogP contribution in [0.1, 0.15) is 26.7 Å². The molecule has 0 fully saturated rings. The van der Waals surface area contributed by atoms with Crippen molar-refractivity contribution in [2.24, 2.45) is 5.92 Å². The van der Waals surface area contributed by atoms with Crippen molar-refractivity contribution in [3.05, 3.63) is 25.1 Å². The van der Waals surface area contributed by atoms with Gasteiger partial charge in [-0.15, -0.1) is 0 Å². The third kappa shape index (κ3) is 5.42. The van der Waals surface area contributed by atoms with Gasteiger partial charge in [-0.05, 0) is 25.0 Å². The molecule has 0 bridgehead atoms. The van der Waals surface area contributed by atoms with E-state index in [4.69, 9.17) is 0 Å². The van der Waals surface area contributed by atoms with Gasteiger partial charge in [0.2, 0.25) is 0 Å². The highest BCUT2D eigenvalue weighted by Gasteiger charge is 1.94. The van der Waals surface area contributed by atoms with Crippen molar-refractivity contribution < 1.29 is 0 Å². The molecule has 0 saturated carbocycles. The van der Waals surface area contributed by atoms with Gasteiger partial charge in [-0.2, -0.15) is 0 Å². The summed E-state index contributed by atoms with van der Waals surface area (Å²) in [5, 5.41) is 2.97. The summed E-state index contributed by atoms with van der Waals surface area (Å²) in [5.74, 6) is 0.753. The molecule has 0 aliphatic heterocycles. The Morgan fingerprint density at radius 1 is 1.60 bits per heavy atom. The molecule has 0 aliphatic rings. The Bertz CT molecular complexity index is 114. The van der Waals surface area contributed by atoms with E-state index in [1.807, 2.05) is 0 Å². The van der Waals surface area contributed by atoms with Gasteiger partial charge < -0.3 is 5.32 Å². The third-order valence-corrected chi connectivity index (χ3v) is 1.33. The lowest BCUT2D eigenvalue weighted by atomic mass is 10.1. The topological polar surface area (TPSA) is 12.0 Å². The molecule has 0 rings (SSSR count). The van der Waals surface area contributed by atoms with E-state index >= 15 is 0 Å². The molecule has 0 amide bonds. The van der Waals surface area contributed by atoms with Crippen molar-refractivity contribution in [1.82, 2.24) is 5.32 Å². The second kappa shape index (κ2) is 5.10. The van der Waals surface area contributed by atoms with E-state index < -0.39 is 0 Å². The van der Waals surface area contributed by atoms with Crippen LogP contribution in [0.25, 0.3) is 0 Å². The molecule has 10 heavy (non-hydrogen) atoms. The van der Waals surface area contributed by atoms with Gasteiger partial charge in [-0.1, -0.05) is 27.0 Å². The summed E-state index contributed by atoms with van der Waals surface area (Å²) in [6.45, 7) is 11.8. The van der Waals surface area contributed by atoms with E-state index in [0.29, 0.717) is 0 Å². The molecule has 58 valence electrons. The molecular weight excluding hydrogens is 122 g/mol. The molecule has 0 heterocycles. The van der Waals surface area contributed by atoms with Crippen LogP contribution in [0.2, 0.25) is 0 Å². The average molecular weight is 139 g/mol. The minimum absolute atomic E-state index is 0.753. The number of nitrogens with one attached hydrogen (secondary N) is 1. The predicted molar refractivity (Wildman–Crippen MR) is 46.5 cm³/mol. The van der Waals surface area contributed by atoms with E-state index in [2.05, 4.69) is 32.3 Å². The van der Waals surface area contributed by atoms with Crippen LogP contribution in [0.4, 0.5) is 0 Å². The first-order chi connectivity index (χ1) is 4.66. The lowest BCUT2D eigenvalue weighted by molar-refractivity contribution is 0.577. The van der Waals surface area contributed by atoms with Gasteiger partial charge in [0.25, 0.3) is 0 Å². The van der Waals surface area contributed by atoms with Crippen LogP contribution in [0.3, 0.4) is 0 Å². The zero-order valence-corrected chi connectivity index (χ0v) is 6.98. The third-order valence-electron chi connectivity index (χ3n) is 1.33. The zero-order valence-electron chi connectivity index (χ0n) is 6.98. The molecule has 0 aliphatic carbocycles. The van der Waals surface area contributed by atoms with Crippen LogP contribution in [0, 0.1) is 5.92 Å². The lowest BCUT2D eigenvalue weighted by Gasteiger charge is -2.06. The van der Waals surface area contributed by atoms with Gasteiger partial charge in [0.15, 0.2) is 0 Å². The summed E-state index contributed by atoms with van der Waals surface area (Å²) in [7, 11) is 0. The summed E-state index contributed by atoms with van der Waals surface area (Å²) in [4.78, 5) is 0. The van der Waals surface area contributed by atoms with Gasteiger partial charge in [0, 0.05) is 5.70 Å². The first-order valence-corrected chi connectivity index (χ1v) is 3.72. The standard InChI is InChI=1S/C9H17N/c1-5-10-9(4)7-6-8(2)3/h5,8,10H,1,4,6-7H2,2-3H3. The van der Waals surface area contributed by atoms with Crippen molar-refractivity contribution in [3.8, 4) is 0 Å². The number of hydrogen-bond acceptors (Lipinski definition) is 1. The summed E-state index contributed by atoms with van der Waals surface area (Å²) in [5.41, 5.74) is 1.06. The fourth-order valence-electron chi connectivity index (χ4n) is 0.679. The first kappa shape index (κ1) is 9.28. The highest BCUT2D eigenvalue weighted by atomic mass is 14.8. The van der Waals surface area contributed by atoms with Gasteiger partial charge in [0.1, 0.15) is 0 Å². The average Bonchev–Trinajstić information content (AvgIpc) is 1.85. The van der Waals surface area contributed by atoms with Gasteiger partial charge in [-0.25, -0.2) is 0 Å². The van der Waals surface area contributed by atoms with Crippen molar-refractivity contribution in [2.75, 3.05) is 0 Å². The molecule has 0 radical (unpaired) electrons. The normalized spacial score (nSPS) is 9.50. The number of hydrogen-bond donors (Lipinski definition) is 1. The van der Waals surface area contributed by atoms with Crippen molar-refractivity contribution in [2.45, 2.75) is 26.7 Å². The second-order valence-corrected chi connectivity index (χ2v) is 2.88. The van der Waals surface area contributed by atoms with E-state index in [0.717, 1.165) is 18.0 Å². The van der Waals surface area contributed by atoms with E-state index in [1.54, 1.807) is 6.20 Å². The molecule has 1 N–H and O–H groups in total. The maximum Gasteiger partial charge on any atom is 0.00732 e. The molecule has 0 aromatic rings. The van der Waals surface area contributed by atoms with Gasteiger partial charge in [-0.3, -0.25) is 0 Å². The molecule has 0 aromatic carbocycles. The first-order valence-electron chi connectivity index (χ1n) is 3.72. The molecule has 0 unspecified atom stereocenters. The Hall–Kier alpha value is -0.720. The zero-order chi connectivity index (χ0) is 7.98. The number of rotatable bonds is 5. The Morgan fingerprint density at radius 3 is 2.60 bits per heavy atom. The molecule has 0 atom stereocenters. The van der Waals surface area contributed by atoms with Crippen molar-refractivity contribution in [1.29, 1.82) is 0 Å². The molecule has 0 saturated heterocycles. The maximum atomic E-state index is 3.83. The largest absolute Gasteiger partial charge is 0.366 e. The van der Waals surface area contributed by atoms with E-state index in [-0.39, 0.29) is 0 Å². The summed E-state index contributed by atoms with van der Waals surface area (Å²) >= 11 is 0. The van der Waals surface area contributed by atoms with E-state index in [1.165, 1.54) is 6.42 Å². The Kier molecular flexibility index (Phi) is 4.73. The van der Waals surface area contributed by atoms with Crippen LogP contribution in [-0.4, -0.2) is 0 Å². The Balaban J connectivity index is 3.30. The SMILES string of the molecule is C=CNC(=C)CCC(C)C. The minimum atomic E-state index is 0.753. The quantitative estimate of drug-likeness (QED) is 0.617. The Morgan fingerprint density at radius 2 is 2.20 bits per heavy atom. The fraction of sp³-hybridized carbons (Fsp3) is 0.556. The van der Waals surface area contributed by atoms with Crippen molar-refractivity contribution >= 4 is 0 Å². The van der Waals surface area contributed by atoms with Crippen LogP contribution < -0.4 is 5.32 Å². The maximum absolute atomic E-state index is 3.83. The molecule has 0 aromatic heterocycles. The molecule has 1 heteroatoms. The van der Waals surface area contributed by atoms with Gasteiger partial charge >= 0.3 is 0 Å².